The Morgan fingerprint density at radius 2 is 1.44 bits per heavy atom. The van der Waals surface area contributed by atoms with Crippen LogP contribution >= 0.6 is 0 Å². The zero-order valence-electron chi connectivity index (χ0n) is 10.2. The predicted molar refractivity (Wildman–Crippen MR) is 72.0 cm³/mol. The lowest BCUT2D eigenvalue weighted by atomic mass is 9.85. The van der Waals surface area contributed by atoms with E-state index in [1.165, 1.54) is 11.1 Å². The first-order chi connectivity index (χ1) is 8.88. The maximum atomic E-state index is 8.95. The van der Waals surface area contributed by atoms with Crippen molar-refractivity contribution in [2.75, 3.05) is 0 Å². The van der Waals surface area contributed by atoms with Crippen LogP contribution in [-0.4, -0.2) is 0 Å². The zero-order chi connectivity index (χ0) is 12.4. The second-order valence-electron chi connectivity index (χ2n) is 4.97. The highest BCUT2D eigenvalue weighted by Crippen LogP contribution is 2.60. The summed E-state index contributed by atoms with van der Waals surface area (Å²) in [7, 11) is 0. The van der Waals surface area contributed by atoms with Gasteiger partial charge in [-0.1, -0.05) is 60.7 Å². The van der Waals surface area contributed by atoms with E-state index in [1.807, 2.05) is 12.1 Å². The van der Waals surface area contributed by atoms with Crippen molar-refractivity contribution in [2.24, 2.45) is 5.92 Å². The average molecular weight is 233 g/mol. The molecular formula is C17H15N. The Hall–Kier alpha value is -2.07. The van der Waals surface area contributed by atoms with Gasteiger partial charge in [-0.05, 0) is 23.5 Å². The SMILES string of the molecule is N#CCC1CC1(c1ccccc1)c1ccccc1. The molecule has 0 N–H and O–H groups in total. The molecule has 2 aromatic carbocycles. The summed E-state index contributed by atoms with van der Waals surface area (Å²) in [5.74, 6) is 0.465. The molecule has 0 saturated heterocycles. The van der Waals surface area contributed by atoms with Crippen LogP contribution in [-0.2, 0) is 5.41 Å². The van der Waals surface area contributed by atoms with Gasteiger partial charge < -0.3 is 0 Å². The van der Waals surface area contributed by atoms with Crippen molar-refractivity contribution in [3.05, 3.63) is 71.8 Å². The molecule has 0 bridgehead atoms. The first-order valence-corrected chi connectivity index (χ1v) is 6.36. The van der Waals surface area contributed by atoms with E-state index in [0.29, 0.717) is 12.3 Å². The first kappa shape index (κ1) is 11.0. The van der Waals surface area contributed by atoms with Gasteiger partial charge >= 0.3 is 0 Å². The smallest absolute Gasteiger partial charge is 0.0625 e. The second-order valence-corrected chi connectivity index (χ2v) is 4.97. The lowest BCUT2D eigenvalue weighted by molar-refractivity contribution is 0.709. The van der Waals surface area contributed by atoms with E-state index in [0.717, 1.165) is 6.42 Å². The van der Waals surface area contributed by atoms with Gasteiger partial charge in [0.25, 0.3) is 0 Å². The number of hydrogen-bond donors (Lipinski definition) is 0. The van der Waals surface area contributed by atoms with Crippen molar-refractivity contribution in [3.63, 3.8) is 0 Å². The van der Waals surface area contributed by atoms with Gasteiger partial charge in [0, 0.05) is 11.8 Å². The van der Waals surface area contributed by atoms with Crippen molar-refractivity contribution in [1.82, 2.24) is 0 Å². The molecule has 88 valence electrons. The van der Waals surface area contributed by atoms with Crippen molar-refractivity contribution in [1.29, 1.82) is 5.26 Å². The average Bonchev–Trinajstić information content (AvgIpc) is 3.17. The standard InChI is InChI=1S/C17H15N/c18-12-11-16-13-17(16,14-7-3-1-4-8-14)15-9-5-2-6-10-15/h1-10,16H,11,13H2. The number of hydrogen-bond acceptors (Lipinski definition) is 1. The topological polar surface area (TPSA) is 23.8 Å². The van der Waals surface area contributed by atoms with Gasteiger partial charge in [-0.25, -0.2) is 0 Å². The van der Waals surface area contributed by atoms with E-state index in [4.69, 9.17) is 5.26 Å². The van der Waals surface area contributed by atoms with Crippen molar-refractivity contribution >= 4 is 0 Å². The Labute approximate surface area is 108 Å². The largest absolute Gasteiger partial charge is 0.198 e. The quantitative estimate of drug-likeness (QED) is 0.788. The van der Waals surface area contributed by atoms with E-state index in [1.54, 1.807) is 0 Å². The van der Waals surface area contributed by atoms with E-state index < -0.39 is 0 Å². The van der Waals surface area contributed by atoms with Crippen molar-refractivity contribution in [2.45, 2.75) is 18.3 Å². The lowest BCUT2D eigenvalue weighted by Crippen LogP contribution is -2.12. The van der Waals surface area contributed by atoms with Crippen LogP contribution in [0.4, 0.5) is 0 Å². The third-order valence-corrected chi connectivity index (χ3v) is 4.02. The minimum atomic E-state index is 0.0816. The molecule has 0 radical (unpaired) electrons. The van der Waals surface area contributed by atoms with E-state index in [2.05, 4.69) is 54.6 Å². The van der Waals surface area contributed by atoms with Crippen molar-refractivity contribution < 1.29 is 0 Å². The highest BCUT2D eigenvalue weighted by molar-refractivity contribution is 5.47. The fraction of sp³-hybridized carbons (Fsp3) is 0.235. The fourth-order valence-corrected chi connectivity index (χ4v) is 3.03. The molecule has 0 aromatic heterocycles. The molecule has 1 unspecified atom stereocenters. The number of nitriles is 1. The molecule has 3 rings (SSSR count). The van der Waals surface area contributed by atoms with Crippen LogP contribution in [0.5, 0.6) is 0 Å². The summed E-state index contributed by atoms with van der Waals surface area (Å²) in [5.41, 5.74) is 2.77. The van der Waals surface area contributed by atoms with Crippen LogP contribution in [0.3, 0.4) is 0 Å². The lowest BCUT2D eigenvalue weighted by Gasteiger charge is -2.18. The van der Waals surface area contributed by atoms with Crippen LogP contribution < -0.4 is 0 Å². The molecule has 2 aromatic rings. The Morgan fingerprint density at radius 1 is 0.944 bits per heavy atom. The van der Waals surface area contributed by atoms with E-state index >= 15 is 0 Å². The van der Waals surface area contributed by atoms with Crippen LogP contribution in [0.25, 0.3) is 0 Å². The summed E-state index contributed by atoms with van der Waals surface area (Å²) in [6, 6.07) is 23.5. The minimum absolute atomic E-state index is 0.0816. The Bertz CT molecular complexity index is 526. The van der Waals surface area contributed by atoms with Crippen molar-refractivity contribution in [3.8, 4) is 6.07 Å². The van der Waals surface area contributed by atoms with Gasteiger partial charge in [0.05, 0.1) is 6.07 Å². The van der Waals surface area contributed by atoms with Gasteiger partial charge in [0.2, 0.25) is 0 Å². The van der Waals surface area contributed by atoms with Gasteiger partial charge in [-0.2, -0.15) is 5.26 Å². The molecule has 1 atom stereocenters. The van der Waals surface area contributed by atoms with Crippen LogP contribution in [0.1, 0.15) is 24.0 Å². The Kier molecular flexibility index (Phi) is 2.64. The third kappa shape index (κ3) is 1.62. The summed E-state index contributed by atoms with van der Waals surface area (Å²) in [6.07, 6.45) is 1.73. The van der Waals surface area contributed by atoms with Gasteiger partial charge in [-0.15, -0.1) is 0 Å². The molecule has 0 heterocycles. The molecule has 1 saturated carbocycles. The van der Waals surface area contributed by atoms with Gasteiger partial charge in [0.15, 0.2) is 0 Å². The fourth-order valence-electron chi connectivity index (χ4n) is 3.03. The number of nitrogens with zero attached hydrogens (tertiary/aromatic N) is 1. The molecule has 1 heteroatoms. The summed E-state index contributed by atoms with van der Waals surface area (Å²) in [5, 5.41) is 8.95. The summed E-state index contributed by atoms with van der Waals surface area (Å²) in [4.78, 5) is 0. The van der Waals surface area contributed by atoms with Gasteiger partial charge in [0.1, 0.15) is 0 Å². The highest BCUT2D eigenvalue weighted by Gasteiger charge is 2.55. The number of rotatable bonds is 3. The molecule has 0 aliphatic heterocycles. The Morgan fingerprint density at radius 3 is 1.89 bits per heavy atom. The molecule has 1 nitrogen and oxygen atoms in total. The zero-order valence-corrected chi connectivity index (χ0v) is 10.2. The summed E-state index contributed by atoms with van der Waals surface area (Å²) >= 11 is 0. The van der Waals surface area contributed by atoms with E-state index in [-0.39, 0.29) is 5.41 Å². The minimum Gasteiger partial charge on any atom is -0.198 e. The third-order valence-electron chi connectivity index (χ3n) is 4.02. The Balaban J connectivity index is 2.06. The summed E-state index contributed by atoms with van der Waals surface area (Å²) in [6.45, 7) is 0. The highest BCUT2D eigenvalue weighted by atomic mass is 14.6. The second kappa shape index (κ2) is 4.31. The molecule has 1 aliphatic carbocycles. The van der Waals surface area contributed by atoms with Crippen LogP contribution in [0.15, 0.2) is 60.7 Å². The molecule has 1 aliphatic rings. The molecule has 18 heavy (non-hydrogen) atoms. The first-order valence-electron chi connectivity index (χ1n) is 6.36. The molecular weight excluding hydrogens is 218 g/mol. The molecule has 1 fully saturated rings. The normalized spacial score (nSPS) is 20.1. The van der Waals surface area contributed by atoms with E-state index in [9.17, 15) is 0 Å². The number of benzene rings is 2. The summed E-state index contributed by atoms with van der Waals surface area (Å²) < 4.78 is 0. The maximum Gasteiger partial charge on any atom is 0.0625 e. The van der Waals surface area contributed by atoms with Gasteiger partial charge in [-0.3, -0.25) is 0 Å². The maximum absolute atomic E-state index is 8.95. The molecule has 0 amide bonds. The monoisotopic (exact) mass is 233 g/mol. The van der Waals surface area contributed by atoms with Crippen LogP contribution in [0.2, 0.25) is 0 Å². The van der Waals surface area contributed by atoms with Crippen LogP contribution in [0, 0.1) is 17.2 Å². The molecule has 0 spiro atoms. The predicted octanol–water partition coefficient (Wildman–Crippen LogP) is 3.91.